The molecule has 4 nitrogen and oxygen atoms in total. The zero-order valence-electron chi connectivity index (χ0n) is 11.4. The quantitative estimate of drug-likeness (QED) is 0.838. The molecule has 2 aliphatic rings. The first-order valence-corrected chi connectivity index (χ1v) is 7.53. The first kappa shape index (κ1) is 13.7. The van der Waals surface area contributed by atoms with Gasteiger partial charge in [-0.05, 0) is 31.0 Å². The Morgan fingerprint density at radius 2 is 2.05 bits per heavy atom. The highest BCUT2D eigenvalue weighted by Crippen LogP contribution is 2.22. The van der Waals surface area contributed by atoms with Crippen LogP contribution in [0.25, 0.3) is 0 Å². The molecule has 0 aliphatic carbocycles. The van der Waals surface area contributed by atoms with Gasteiger partial charge in [0.25, 0.3) is 5.91 Å². The van der Waals surface area contributed by atoms with E-state index in [0.29, 0.717) is 0 Å². The molecule has 0 aromatic heterocycles. The number of nitrogens with zero attached hydrogens (tertiary/aromatic N) is 2. The molecule has 0 N–H and O–H groups in total. The zero-order valence-corrected chi connectivity index (χ0v) is 12.2. The van der Waals surface area contributed by atoms with Crippen LogP contribution >= 0.6 is 11.6 Å². The predicted molar refractivity (Wildman–Crippen MR) is 79.2 cm³/mol. The number of rotatable bonds is 2. The fraction of sp³-hybridized carbons (Fsp3) is 0.533. The Morgan fingerprint density at radius 1 is 1.25 bits per heavy atom. The lowest BCUT2D eigenvalue weighted by atomic mass is 10.2. The average molecular weight is 295 g/mol. The molecule has 1 unspecified atom stereocenters. The van der Waals surface area contributed by atoms with Gasteiger partial charge in [-0.3, -0.25) is 4.79 Å². The normalized spacial score (nSPS) is 23.1. The Hall–Kier alpha value is -1.26. The van der Waals surface area contributed by atoms with E-state index in [2.05, 4.69) is 11.0 Å². The third-order valence-corrected chi connectivity index (χ3v) is 4.20. The number of benzene rings is 1. The Morgan fingerprint density at radius 3 is 2.70 bits per heavy atom. The van der Waals surface area contributed by atoms with E-state index in [9.17, 15) is 4.79 Å². The maximum atomic E-state index is 12.3. The smallest absolute Gasteiger partial charge is 0.251 e. The summed E-state index contributed by atoms with van der Waals surface area (Å²) in [6.07, 6.45) is 1.67. The summed E-state index contributed by atoms with van der Waals surface area (Å²) >= 11 is 6.02. The van der Waals surface area contributed by atoms with Gasteiger partial charge in [0.15, 0.2) is 0 Å². The van der Waals surface area contributed by atoms with Gasteiger partial charge in [-0.1, -0.05) is 17.7 Å². The minimum atomic E-state index is -0.201. The number of carbonyl (C=O) groups excluding carboxylic acids is 1. The third-order valence-electron chi connectivity index (χ3n) is 3.97. The van der Waals surface area contributed by atoms with Crippen LogP contribution in [0.2, 0.25) is 5.02 Å². The average Bonchev–Trinajstić information content (AvgIpc) is 3.01. The number of piperazine rings is 1. The molecule has 1 aromatic rings. The van der Waals surface area contributed by atoms with E-state index >= 15 is 0 Å². The summed E-state index contributed by atoms with van der Waals surface area (Å²) < 4.78 is 5.47. The van der Waals surface area contributed by atoms with Crippen LogP contribution in [0, 0.1) is 0 Å². The molecule has 5 heteroatoms. The standard InChI is InChI=1S/C15H19ClN2O2/c16-12-3-1-4-13(11-12)17-6-8-18(9-7-17)15(19)14-5-2-10-20-14/h1,3-4,11,14H,2,5-10H2. The molecule has 0 spiro atoms. The van der Waals surface area contributed by atoms with E-state index in [-0.39, 0.29) is 12.0 Å². The molecule has 108 valence electrons. The molecule has 2 heterocycles. The van der Waals surface area contributed by atoms with Crippen molar-refractivity contribution in [3.8, 4) is 0 Å². The van der Waals surface area contributed by atoms with E-state index in [1.165, 1.54) is 0 Å². The van der Waals surface area contributed by atoms with E-state index in [4.69, 9.17) is 16.3 Å². The number of halogens is 1. The molecule has 0 radical (unpaired) electrons. The maximum Gasteiger partial charge on any atom is 0.251 e. The molecule has 1 aromatic carbocycles. The van der Waals surface area contributed by atoms with Gasteiger partial charge in [-0.25, -0.2) is 0 Å². The SMILES string of the molecule is O=C(C1CCCO1)N1CCN(c2cccc(Cl)c2)CC1. The lowest BCUT2D eigenvalue weighted by Crippen LogP contribution is -2.51. The van der Waals surface area contributed by atoms with Crippen molar-refractivity contribution in [2.45, 2.75) is 18.9 Å². The van der Waals surface area contributed by atoms with Crippen molar-refractivity contribution in [3.63, 3.8) is 0 Å². The Labute approximate surface area is 124 Å². The van der Waals surface area contributed by atoms with Crippen molar-refractivity contribution in [2.24, 2.45) is 0 Å². The molecule has 2 saturated heterocycles. The highest BCUT2D eigenvalue weighted by atomic mass is 35.5. The van der Waals surface area contributed by atoms with E-state index in [1.807, 2.05) is 23.1 Å². The number of hydrogen-bond donors (Lipinski definition) is 0. The molecular weight excluding hydrogens is 276 g/mol. The van der Waals surface area contributed by atoms with Crippen LogP contribution in [-0.2, 0) is 9.53 Å². The fourth-order valence-electron chi connectivity index (χ4n) is 2.83. The van der Waals surface area contributed by atoms with Gasteiger partial charge in [0.2, 0.25) is 0 Å². The van der Waals surface area contributed by atoms with Crippen molar-refractivity contribution in [3.05, 3.63) is 29.3 Å². The molecule has 0 saturated carbocycles. The maximum absolute atomic E-state index is 12.3. The van der Waals surface area contributed by atoms with Crippen LogP contribution in [0.4, 0.5) is 5.69 Å². The van der Waals surface area contributed by atoms with Crippen LogP contribution in [0.1, 0.15) is 12.8 Å². The van der Waals surface area contributed by atoms with Gasteiger partial charge in [-0.2, -0.15) is 0 Å². The molecule has 1 atom stereocenters. The second-order valence-electron chi connectivity index (χ2n) is 5.29. The topological polar surface area (TPSA) is 32.8 Å². The van der Waals surface area contributed by atoms with Crippen LogP contribution in [-0.4, -0.2) is 49.7 Å². The largest absolute Gasteiger partial charge is 0.368 e. The fourth-order valence-corrected chi connectivity index (χ4v) is 3.02. The summed E-state index contributed by atoms with van der Waals surface area (Å²) in [5.41, 5.74) is 1.13. The van der Waals surface area contributed by atoms with Gasteiger partial charge in [-0.15, -0.1) is 0 Å². The number of amides is 1. The highest BCUT2D eigenvalue weighted by molar-refractivity contribution is 6.30. The van der Waals surface area contributed by atoms with Crippen molar-refractivity contribution in [1.29, 1.82) is 0 Å². The van der Waals surface area contributed by atoms with Crippen molar-refractivity contribution in [2.75, 3.05) is 37.7 Å². The summed E-state index contributed by atoms with van der Waals surface area (Å²) in [6.45, 7) is 3.92. The molecule has 20 heavy (non-hydrogen) atoms. The van der Waals surface area contributed by atoms with Crippen LogP contribution < -0.4 is 4.90 Å². The van der Waals surface area contributed by atoms with Gasteiger partial charge in [0.1, 0.15) is 6.10 Å². The number of anilines is 1. The minimum Gasteiger partial charge on any atom is -0.368 e. The third kappa shape index (κ3) is 2.91. The zero-order chi connectivity index (χ0) is 13.9. The lowest BCUT2D eigenvalue weighted by Gasteiger charge is -2.37. The van der Waals surface area contributed by atoms with Gasteiger partial charge >= 0.3 is 0 Å². The lowest BCUT2D eigenvalue weighted by molar-refractivity contribution is -0.141. The number of carbonyl (C=O) groups is 1. The predicted octanol–water partition coefficient (Wildman–Crippen LogP) is 2.17. The van der Waals surface area contributed by atoms with Gasteiger partial charge < -0.3 is 14.5 Å². The number of hydrogen-bond acceptors (Lipinski definition) is 3. The molecule has 3 rings (SSSR count). The highest BCUT2D eigenvalue weighted by Gasteiger charge is 2.30. The van der Waals surface area contributed by atoms with Crippen molar-refractivity contribution >= 4 is 23.2 Å². The summed E-state index contributed by atoms with van der Waals surface area (Å²) in [7, 11) is 0. The number of ether oxygens (including phenoxy) is 1. The summed E-state index contributed by atoms with van der Waals surface area (Å²) in [6, 6.07) is 7.87. The molecule has 2 aliphatic heterocycles. The van der Waals surface area contributed by atoms with Crippen LogP contribution in [0.3, 0.4) is 0 Å². The molecule has 1 amide bonds. The van der Waals surface area contributed by atoms with Crippen molar-refractivity contribution < 1.29 is 9.53 Å². The van der Waals surface area contributed by atoms with E-state index in [0.717, 1.165) is 56.3 Å². The minimum absolute atomic E-state index is 0.160. The second-order valence-corrected chi connectivity index (χ2v) is 5.73. The Kier molecular flexibility index (Phi) is 4.13. The van der Waals surface area contributed by atoms with E-state index in [1.54, 1.807) is 0 Å². The Balaban J connectivity index is 1.58. The van der Waals surface area contributed by atoms with Crippen LogP contribution in [0.15, 0.2) is 24.3 Å². The molecule has 0 bridgehead atoms. The van der Waals surface area contributed by atoms with Crippen LogP contribution in [0.5, 0.6) is 0 Å². The van der Waals surface area contributed by atoms with Gasteiger partial charge in [0, 0.05) is 43.5 Å². The summed E-state index contributed by atoms with van der Waals surface area (Å²) in [5.74, 6) is 0.160. The summed E-state index contributed by atoms with van der Waals surface area (Å²) in [4.78, 5) is 16.5. The molecule has 2 fully saturated rings. The van der Waals surface area contributed by atoms with Crippen molar-refractivity contribution in [1.82, 2.24) is 4.90 Å². The Bertz CT molecular complexity index is 481. The monoisotopic (exact) mass is 294 g/mol. The first-order valence-electron chi connectivity index (χ1n) is 7.15. The van der Waals surface area contributed by atoms with Gasteiger partial charge in [0.05, 0.1) is 0 Å². The second kappa shape index (κ2) is 6.02. The van der Waals surface area contributed by atoms with E-state index < -0.39 is 0 Å². The molecular formula is C15H19ClN2O2. The first-order chi connectivity index (χ1) is 9.74. The summed E-state index contributed by atoms with van der Waals surface area (Å²) in [5, 5.41) is 0.750.